The molecule has 0 atom stereocenters. The van der Waals surface area contributed by atoms with Crippen LogP contribution in [0, 0.1) is 12.7 Å². The van der Waals surface area contributed by atoms with Gasteiger partial charge in [-0.25, -0.2) is 9.18 Å². The van der Waals surface area contributed by atoms with Crippen LogP contribution in [0.4, 0.5) is 41.2 Å². The standard InChI is InChI=1S/C13H13F7N2O2/c1-3-24-10(23)22-11(12(15,16)17,13(18,19)20)21-9-6-8(14)5-4-7(9)2/h4-6,21H,3H2,1-2H3,(H,22,23). The third-order valence-electron chi connectivity index (χ3n) is 2.94. The van der Waals surface area contributed by atoms with Gasteiger partial charge in [-0.3, -0.25) is 5.32 Å². The van der Waals surface area contributed by atoms with Gasteiger partial charge in [-0.05, 0) is 31.5 Å². The van der Waals surface area contributed by atoms with E-state index in [1.54, 1.807) is 0 Å². The highest BCUT2D eigenvalue weighted by molar-refractivity contribution is 5.70. The lowest BCUT2D eigenvalue weighted by Gasteiger charge is -2.38. The molecule has 0 aliphatic heterocycles. The molecule has 0 saturated heterocycles. The Morgan fingerprint density at radius 2 is 1.67 bits per heavy atom. The molecule has 1 aromatic rings. The van der Waals surface area contributed by atoms with Crippen molar-refractivity contribution in [2.24, 2.45) is 0 Å². The second-order valence-electron chi connectivity index (χ2n) is 4.68. The number of aryl methyl sites for hydroxylation is 1. The molecule has 24 heavy (non-hydrogen) atoms. The van der Waals surface area contributed by atoms with Gasteiger partial charge in [0.2, 0.25) is 0 Å². The van der Waals surface area contributed by atoms with Crippen LogP contribution in [-0.4, -0.2) is 30.7 Å². The Morgan fingerprint density at radius 1 is 1.12 bits per heavy atom. The predicted molar refractivity (Wildman–Crippen MR) is 69.8 cm³/mol. The third-order valence-corrected chi connectivity index (χ3v) is 2.94. The number of amides is 1. The fourth-order valence-electron chi connectivity index (χ4n) is 1.73. The molecule has 136 valence electrons. The molecule has 0 unspecified atom stereocenters. The Kier molecular flexibility index (Phi) is 5.57. The first-order valence-corrected chi connectivity index (χ1v) is 6.46. The van der Waals surface area contributed by atoms with Crippen LogP contribution in [0.15, 0.2) is 18.2 Å². The van der Waals surface area contributed by atoms with Crippen LogP contribution in [0.5, 0.6) is 0 Å². The van der Waals surface area contributed by atoms with Crippen LogP contribution in [0.25, 0.3) is 0 Å². The zero-order chi connectivity index (χ0) is 18.8. The summed E-state index contributed by atoms with van der Waals surface area (Å²) in [6.07, 6.45) is -13.9. The summed E-state index contributed by atoms with van der Waals surface area (Å²) in [6.45, 7) is 1.92. The number of anilines is 1. The van der Waals surface area contributed by atoms with Crippen molar-refractivity contribution in [3.05, 3.63) is 29.6 Å². The van der Waals surface area contributed by atoms with Crippen molar-refractivity contribution in [1.82, 2.24) is 5.32 Å². The highest BCUT2D eigenvalue weighted by atomic mass is 19.4. The molecule has 0 saturated carbocycles. The van der Waals surface area contributed by atoms with Crippen LogP contribution >= 0.6 is 0 Å². The number of carbonyl (C=O) groups is 1. The van der Waals surface area contributed by atoms with Gasteiger partial charge in [0, 0.05) is 5.69 Å². The number of halogens is 7. The second-order valence-corrected chi connectivity index (χ2v) is 4.68. The first kappa shape index (κ1) is 19.8. The highest BCUT2D eigenvalue weighted by Crippen LogP contribution is 2.44. The fraction of sp³-hybridized carbons (Fsp3) is 0.462. The minimum absolute atomic E-state index is 0.0973. The van der Waals surface area contributed by atoms with Crippen LogP contribution in [-0.2, 0) is 4.74 Å². The normalized spacial score (nSPS) is 12.7. The average molecular weight is 362 g/mol. The van der Waals surface area contributed by atoms with E-state index in [2.05, 4.69) is 4.74 Å². The summed E-state index contributed by atoms with van der Waals surface area (Å²) < 4.78 is 96.8. The van der Waals surface area contributed by atoms with Gasteiger partial charge in [0.15, 0.2) is 0 Å². The Hall–Kier alpha value is -2.20. The number of hydrogen-bond acceptors (Lipinski definition) is 3. The molecule has 2 N–H and O–H groups in total. The van der Waals surface area contributed by atoms with Crippen molar-refractivity contribution in [3.8, 4) is 0 Å². The van der Waals surface area contributed by atoms with E-state index in [-0.39, 0.29) is 5.56 Å². The summed E-state index contributed by atoms with van der Waals surface area (Å²) in [6, 6.07) is 2.30. The number of nitrogens with one attached hydrogen (secondary N) is 2. The molecule has 0 heterocycles. The van der Waals surface area contributed by atoms with Gasteiger partial charge in [0.1, 0.15) is 5.82 Å². The average Bonchev–Trinajstić information content (AvgIpc) is 2.39. The largest absolute Gasteiger partial charge is 0.450 e. The number of ether oxygens (including phenoxy) is 1. The summed E-state index contributed by atoms with van der Waals surface area (Å²) in [4.78, 5) is 11.2. The molecule has 4 nitrogen and oxygen atoms in total. The SMILES string of the molecule is CCOC(=O)NC(Nc1cc(F)ccc1C)(C(F)(F)F)C(F)(F)F. The molecule has 1 amide bonds. The third kappa shape index (κ3) is 4.01. The number of alkyl carbamates (subject to hydrolysis) is 1. The van der Waals surface area contributed by atoms with Crippen LogP contribution in [0.2, 0.25) is 0 Å². The fourth-order valence-corrected chi connectivity index (χ4v) is 1.73. The van der Waals surface area contributed by atoms with E-state index in [0.29, 0.717) is 6.07 Å². The number of rotatable bonds is 4. The minimum atomic E-state index is -6.00. The van der Waals surface area contributed by atoms with Gasteiger partial charge in [0.05, 0.1) is 6.61 Å². The van der Waals surface area contributed by atoms with Gasteiger partial charge in [-0.1, -0.05) is 6.07 Å². The maximum absolute atomic E-state index is 13.2. The van der Waals surface area contributed by atoms with Crippen molar-refractivity contribution in [2.75, 3.05) is 11.9 Å². The highest BCUT2D eigenvalue weighted by Gasteiger charge is 2.73. The van der Waals surface area contributed by atoms with E-state index in [0.717, 1.165) is 17.4 Å². The van der Waals surface area contributed by atoms with Gasteiger partial charge in [0.25, 0.3) is 0 Å². The van der Waals surface area contributed by atoms with E-state index >= 15 is 0 Å². The topological polar surface area (TPSA) is 50.4 Å². The van der Waals surface area contributed by atoms with E-state index in [9.17, 15) is 35.5 Å². The zero-order valence-electron chi connectivity index (χ0n) is 12.4. The molecule has 0 bridgehead atoms. The molecule has 0 radical (unpaired) electrons. The molecule has 0 fully saturated rings. The summed E-state index contributed by atoms with van der Waals surface area (Å²) in [7, 11) is 0. The van der Waals surface area contributed by atoms with Crippen molar-refractivity contribution in [1.29, 1.82) is 0 Å². The smallest absolute Gasteiger partial charge is 0.439 e. The molecular formula is C13H13F7N2O2. The van der Waals surface area contributed by atoms with Crippen molar-refractivity contribution < 1.29 is 40.3 Å². The number of benzene rings is 1. The molecule has 11 heteroatoms. The molecule has 0 aromatic heterocycles. The Morgan fingerprint density at radius 3 is 2.12 bits per heavy atom. The lowest BCUT2D eigenvalue weighted by Crippen LogP contribution is -2.72. The maximum atomic E-state index is 13.2. The maximum Gasteiger partial charge on any atom is 0.439 e. The van der Waals surface area contributed by atoms with Crippen LogP contribution in [0.1, 0.15) is 12.5 Å². The predicted octanol–water partition coefficient (Wildman–Crippen LogP) is 4.11. The van der Waals surface area contributed by atoms with E-state index in [1.165, 1.54) is 19.2 Å². The molecule has 0 aliphatic carbocycles. The molecule has 0 aliphatic rings. The quantitative estimate of drug-likeness (QED) is 0.626. The van der Waals surface area contributed by atoms with Gasteiger partial charge >= 0.3 is 24.1 Å². The van der Waals surface area contributed by atoms with E-state index < -0.39 is 42.2 Å². The number of alkyl halides is 6. The molecular weight excluding hydrogens is 349 g/mol. The van der Waals surface area contributed by atoms with Gasteiger partial charge in [-0.15, -0.1) is 0 Å². The Bertz CT molecular complexity index is 585. The lowest BCUT2D eigenvalue weighted by molar-refractivity contribution is -0.294. The minimum Gasteiger partial charge on any atom is -0.450 e. The van der Waals surface area contributed by atoms with Crippen molar-refractivity contribution in [2.45, 2.75) is 31.9 Å². The summed E-state index contributed by atoms with van der Waals surface area (Å²) >= 11 is 0. The number of hydrogen-bond donors (Lipinski definition) is 2. The van der Waals surface area contributed by atoms with E-state index in [1.807, 2.05) is 0 Å². The Labute approximate surface area is 132 Å². The van der Waals surface area contributed by atoms with Gasteiger partial charge < -0.3 is 10.1 Å². The Balaban J connectivity index is 3.45. The summed E-state index contributed by atoms with van der Waals surface area (Å²) in [5, 5.41) is 1.93. The molecule has 0 spiro atoms. The van der Waals surface area contributed by atoms with Crippen molar-refractivity contribution in [3.63, 3.8) is 0 Å². The first-order chi connectivity index (χ1) is 10.8. The van der Waals surface area contributed by atoms with Crippen molar-refractivity contribution >= 4 is 11.8 Å². The second kappa shape index (κ2) is 6.73. The zero-order valence-corrected chi connectivity index (χ0v) is 12.4. The molecule has 1 rings (SSSR count). The van der Waals surface area contributed by atoms with Crippen LogP contribution < -0.4 is 10.6 Å². The first-order valence-electron chi connectivity index (χ1n) is 6.46. The molecule has 1 aromatic carbocycles. The van der Waals surface area contributed by atoms with E-state index in [4.69, 9.17) is 0 Å². The monoisotopic (exact) mass is 362 g/mol. The van der Waals surface area contributed by atoms with Gasteiger partial charge in [-0.2, -0.15) is 26.3 Å². The van der Waals surface area contributed by atoms with Crippen LogP contribution in [0.3, 0.4) is 0 Å². The summed E-state index contributed by atoms with van der Waals surface area (Å²) in [5.41, 5.74) is -5.74. The number of carbonyl (C=O) groups excluding carboxylic acids is 1. The lowest BCUT2D eigenvalue weighted by atomic mass is 10.1. The summed E-state index contributed by atoms with van der Waals surface area (Å²) in [5.74, 6) is -1.06.